The number of halogens is 1. The van der Waals surface area contributed by atoms with Gasteiger partial charge in [0.2, 0.25) is 0 Å². The van der Waals surface area contributed by atoms with Crippen molar-refractivity contribution in [3.8, 4) is 0 Å². The van der Waals surface area contributed by atoms with Crippen molar-refractivity contribution in [2.24, 2.45) is 0 Å². The molecule has 0 bridgehead atoms. The third-order valence-corrected chi connectivity index (χ3v) is 1.50. The van der Waals surface area contributed by atoms with Crippen LogP contribution in [-0.2, 0) is 0 Å². The molecule has 0 aliphatic rings. The fourth-order valence-electron chi connectivity index (χ4n) is 0.685. The van der Waals surface area contributed by atoms with Crippen molar-refractivity contribution in [1.82, 2.24) is 0 Å². The van der Waals surface area contributed by atoms with Gasteiger partial charge in [-0.1, -0.05) is 17.7 Å². The Bertz CT molecular complexity index is 238. The third kappa shape index (κ3) is 1.58. The van der Waals surface area contributed by atoms with Crippen LogP contribution >= 0.6 is 11.6 Å². The quantitative estimate of drug-likeness (QED) is 0.567. The number of hydrogen-bond acceptors (Lipinski definition) is 1. The van der Waals surface area contributed by atoms with E-state index in [9.17, 15) is 4.79 Å². The zero-order chi connectivity index (χ0) is 7.56. The first-order valence-electron chi connectivity index (χ1n) is 2.96. The number of rotatable bonds is 1. The van der Waals surface area contributed by atoms with E-state index in [0.717, 1.165) is 5.56 Å². The molecule has 0 radical (unpaired) electrons. The summed E-state index contributed by atoms with van der Waals surface area (Å²) in [6.45, 7) is 1.96. The van der Waals surface area contributed by atoms with Crippen LogP contribution in [-0.4, -0.2) is 5.24 Å². The van der Waals surface area contributed by atoms with Gasteiger partial charge in [0.25, 0.3) is 5.24 Å². The number of aryl methyl sites for hydroxylation is 1. The molecule has 52 valence electrons. The molecule has 0 N–H and O–H groups in total. The smallest absolute Gasteiger partial charge is 0.252 e. The van der Waals surface area contributed by atoms with Crippen LogP contribution in [0.25, 0.3) is 0 Å². The Labute approximate surface area is 64.6 Å². The van der Waals surface area contributed by atoms with Gasteiger partial charge in [0.05, 0.1) is 0 Å². The van der Waals surface area contributed by atoms with E-state index in [2.05, 4.69) is 0 Å². The van der Waals surface area contributed by atoms with Crippen LogP contribution < -0.4 is 0 Å². The molecule has 0 aliphatic carbocycles. The molecule has 0 saturated heterocycles. The molecule has 1 nitrogen and oxygen atoms in total. The predicted octanol–water partition coefficient (Wildman–Crippen LogP) is 2.37. The molecule has 0 amide bonds. The van der Waals surface area contributed by atoms with Crippen LogP contribution in [0.1, 0.15) is 15.9 Å². The van der Waals surface area contributed by atoms with Crippen LogP contribution in [0.15, 0.2) is 24.3 Å². The highest BCUT2D eigenvalue weighted by atomic mass is 35.0. The summed E-state index contributed by atoms with van der Waals surface area (Å²) in [6.07, 6.45) is 0. The Hall–Kier alpha value is -0.820. The molecule has 0 atom stereocenters. The lowest BCUT2D eigenvalue weighted by Gasteiger charge is -1.92. The van der Waals surface area contributed by atoms with Crippen molar-refractivity contribution in [3.63, 3.8) is 0 Å². The van der Waals surface area contributed by atoms with Gasteiger partial charge in [0.15, 0.2) is 0 Å². The normalized spacial score (nSPS) is 9.40. The van der Waals surface area contributed by atoms with E-state index in [0.29, 0.717) is 5.56 Å². The van der Waals surface area contributed by atoms with E-state index in [-0.39, 0.29) is 0 Å². The Kier molecular flexibility index (Phi) is 2.07. The largest absolute Gasteiger partial charge is 0.276 e. The van der Waals surface area contributed by atoms with Gasteiger partial charge in [-0.25, -0.2) is 0 Å². The summed E-state index contributed by atoms with van der Waals surface area (Å²) >= 11 is 5.22. The molecule has 0 saturated carbocycles. The molecule has 1 aromatic rings. The van der Waals surface area contributed by atoms with E-state index < -0.39 is 5.24 Å². The minimum atomic E-state index is -0.403. The van der Waals surface area contributed by atoms with Crippen LogP contribution in [0.3, 0.4) is 0 Å². The molecule has 1 aromatic carbocycles. The monoisotopic (exact) mass is 154 g/mol. The maximum absolute atomic E-state index is 10.5. The fourth-order valence-corrected chi connectivity index (χ4v) is 0.811. The standard InChI is InChI=1S/C8H7ClO/c1-6-2-4-7(5-3-6)8(9)10/h2-5H,1H3/i9+0. The van der Waals surface area contributed by atoms with Crippen molar-refractivity contribution in [2.45, 2.75) is 6.92 Å². The first kappa shape index (κ1) is 7.29. The zero-order valence-electron chi connectivity index (χ0n) is 5.60. The van der Waals surface area contributed by atoms with Gasteiger partial charge in [-0.3, -0.25) is 4.79 Å². The number of carbonyl (C=O) groups is 1. The SMILES string of the molecule is Cc1ccc(C(=O)[35Cl])cc1. The maximum atomic E-state index is 10.5. The summed E-state index contributed by atoms with van der Waals surface area (Å²) in [4.78, 5) is 10.5. The molecule has 0 aliphatic heterocycles. The van der Waals surface area contributed by atoms with Gasteiger partial charge < -0.3 is 0 Å². The van der Waals surface area contributed by atoms with Crippen LogP contribution in [0.4, 0.5) is 0 Å². The lowest BCUT2D eigenvalue weighted by molar-refractivity contribution is 0.108. The zero-order valence-corrected chi connectivity index (χ0v) is 6.35. The van der Waals surface area contributed by atoms with Crippen LogP contribution in [0, 0.1) is 6.92 Å². The Morgan fingerprint density at radius 2 is 1.80 bits per heavy atom. The van der Waals surface area contributed by atoms with Crippen molar-refractivity contribution >= 4 is 16.8 Å². The summed E-state index contributed by atoms with van der Waals surface area (Å²) in [6, 6.07) is 7.14. The highest BCUT2D eigenvalue weighted by Crippen LogP contribution is 2.05. The highest BCUT2D eigenvalue weighted by Gasteiger charge is 1.97. The second-order valence-electron chi connectivity index (χ2n) is 2.14. The molecule has 1 rings (SSSR count). The second-order valence-corrected chi connectivity index (χ2v) is 2.48. The summed E-state index contributed by atoms with van der Waals surface area (Å²) < 4.78 is 0. The van der Waals surface area contributed by atoms with E-state index >= 15 is 0 Å². The maximum Gasteiger partial charge on any atom is 0.252 e. The molecular formula is C8H7ClO. The molecular weight excluding hydrogens is 147 g/mol. The van der Waals surface area contributed by atoms with Gasteiger partial charge in [-0.05, 0) is 30.7 Å². The molecule has 0 unspecified atom stereocenters. The van der Waals surface area contributed by atoms with E-state index in [1.807, 2.05) is 19.1 Å². The van der Waals surface area contributed by atoms with Gasteiger partial charge in [-0.15, -0.1) is 0 Å². The van der Waals surface area contributed by atoms with Crippen molar-refractivity contribution in [2.75, 3.05) is 0 Å². The Morgan fingerprint density at radius 3 is 2.20 bits per heavy atom. The summed E-state index contributed by atoms with van der Waals surface area (Å²) in [5.74, 6) is 0. The first-order valence-corrected chi connectivity index (χ1v) is 3.34. The summed E-state index contributed by atoms with van der Waals surface area (Å²) in [5, 5.41) is -0.403. The van der Waals surface area contributed by atoms with Crippen molar-refractivity contribution < 1.29 is 4.79 Å². The molecule has 0 aromatic heterocycles. The van der Waals surface area contributed by atoms with Gasteiger partial charge in [0, 0.05) is 5.56 Å². The van der Waals surface area contributed by atoms with E-state index in [1.54, 1.807) is 12.1 Å². The number of carbonyl (C=O) groups excluding carboxylic acids is 1. The number of benzene rings is 1. The topological polar surface area (TPSA) is 17.1 Å². The highest BCUT2D eigenvalue weighted by molar-refractivity contribution is 6.67. The molecule has 2 heteroatoms. The fraction of sp³-hybridized carbons (Fsp3) is 0.125. The van der Waals surface area contributed by atoms with Crippen molar-refractivity contribution in [3.05, 3.63) is 35.4 Å². The number of hydrogen-bond donors (Lipinski definition) is 0. The second kappa shape index (κ2) is 2.84. The average Bonchev–Trinajstić information content (AvgIpc) is 1.88. The minimum absolute atomic E-state index is 0.403. The van der Waals surface area contributed by atoms with Crippen molar-refractivity contribution in [1.29, 1.82) is 0 Å². The molecule has 0 heterocycles. The Morgan fingerprint density at radius 1 is 1.30 bits per heavy atom. The predicted molar refractivity (Wildman–Crippen MR) is 41.4 cm³/mol. The molecule has 0 fully saturated rings. The molecule has 0 spiro atoms. The van der Waals surface area contributed by atoms with Gasteiger partial charge in [-0.2, -0.15) is 0 Å². The first-order chi connectivity index (χ1) is 4.70. The third-order valence-electron chi connectivity index (χ3n) is 1.28. The van der Waals surface area contributed by atoms with Gasteiger partial charge >= 0.3 is 0 Å². The minimum Gasteiger partial charge on any atom is -0.276 e. The Balaban J connectivity index is 3.00. The van der Waals surface area contributed by atoms with Crippen LogP contribution in [0.2, 0.25) is 0 Å². The average molecular weight is 154 g/mol. The van der Waals surface area contributed by atoms with E-state index in [4.69, 9.17) is 11.6 Å². The summed E-state index contributed by atoms with van der Waals surface area (Å²) in [7, 11) is 0. The van der Waals surface area contributed by atoms with Gasteiger partial charge in [0.1, 0.15) is 0 Å². The summed E-state index contributed by atoms with van der Waals surface area (Å²) in [5.41, 5.74) is 1.67. The lowest BCUT2D eigenvalue weighted by Crippen LogP contribution is -1.86. The molecule has 10 heavy (non-hydrogen) atoms. The van der Waals surface area contributed by atoms with E-state index in [1.165, 1.54) is 0 Å². The lowest BCUT2D eigenvalue weighted by atomic mass is 10.2. The van der Waals surface area contributed by atoms with Crippen LogP contribution in [0.5, 0.6) is 0 Å².